The van der Waals surface area contributed by atoms with Crippen LogP contribution in [0.5, 0.6) is 0 Å². The molecule has 0 aliphatic carbocycles. The van der Waals surface area contributed by atoms with E-state index in [-0.39, 0.29) is 5.82 Å². The molecule has 2 aromatic carbocycles. The summed E-state index contributed by atoms with van der Waals surface area (Å²) in [6.07, 6.45) is 5.11. The van der Waals surface area contributed by atoms with Crippen molar-refractivity contribution in [3.63, 3.8) is 0 Å². The number of hydrogen-bond acceptors (Lipinski definition) is 4. The van der Waals surface area contributed by atoms with Gasteiger partial charge in [-0.3, -0.25) is 0 Å². The first-order valence-corrected chi connectivity index (χ1v) is 9.08. The fraction of sp³-hybridized carbons (Fsp3) is 0.0952. The molecule has 0 spiro atoms. The Balaban J connectivity index is 1.74. The van der Waals surface area contributed by atoms with Crippen LogP contribution in [0.25, 0.3) is 22.6 Å². The van der Waals surface area contributed by atoms with Crippen molar-refractivity contribution in [3.8, 4) is 22.6 Å². The first-order valence-electron chi connectivity index (χ1n) is 8.70. The molecule has 0 aliphatic heterocycles. The molecule has 4 aromatic rings. The van der Waals surface area contributed by atoms with Gasteiger partial charge in [-0.25, -0.2) is 19.3 Å². The average Bonchev–Trinajstić information content (AvgIpc) is 3.13. The fourth-order valence-corrected chi connectivity index (χ4v) is 3.13. The van der Waals surface area contributed by atoms with Crippen molar-refractivity contribution in [1.82, 2.24) is 19.5 Å². The van der Waals surface area contributed by atoms with E-state index in [1.807, 2.05) is 42.1 Å². The number of benzene rings is 2. The average molecular weight is 394 g/mol. The van der Waals surface area contributed by atoms with Gasteiger partial charge in [0.05, 0.1) is 0 Å². The highest BCUT2D eigenvalue weighted by atomic mass is 35.5. The van der Waals surface area contributed by atoms with Crippen LogP contribution in [0.2, 0.25) is 5.02 Å². The van der Waals surface area contributed by atoms with E-state index in [0.717, 1.165) is 5.56 Å². The molecule has 2 heterocycles. The second kappa shape index (κ2) is 7.78. The predicted molar refractivity (Wildman–Crippen MR) is 108 cm³/mol. The summed E-state index contributed by atoms with van der Waals surface area (Å²) in [5.74, 6) is 0.706. The molecule has 7 heteroatoms. The summed E-state index contributed by atoms with van der Waals surface area (Å²) in [6.45, 7) is 0.471. The van der Waals surface area contributed by atoms with E-state index in [1.165, 1.54) is 6.07 Å². The summed E-state index contributed by atoms with van der Waals surface area (Å²) in [5.41, 5.74) is 2.49. The first-order chi connectivity index (χ1) is 13.6. The summed E-state index contributed by atoms with van der Waals surface area (Å²) in [6, 6.07) is 14.1. The predicted octanol–water partition coefficient (Wildman–Crippen LogP) is 4.95. The molecular formula is C21H17ClFN5. The van der Waals surface area contributed by atoms with E-state index < -0.39 is 0 Å². The SMILES string of the molecule is Cn1ccnc1-c1nc(NCc2ccccc2Cl)ncc1-c1ccccc1F. The van der Waals surface area contributed by atoms with Crippen LogP contribution < -0.4 is 5.32 Å². The third kappa shape index (κ3) is 3.59. The minimum atomic E-state index is -0.335. The molecule has 140 valence electrons. The van der Waals surface area contributed by atoms with Crippen molar-refractivity contribution in [1.29, 1.82) is 0 Å². The van der Waals surface area contributed by atoms with Crippen molar-refractivity contribution < 1.29 is 4.39 Å². The smallest absolute Gasteiger partial charge is 0.223 e. The van der Waals surface area contributed by atoms with Gasteiger partial charge < -0.3 is 9.88 Å². The van der Waals surface area contributed by atoms with Crippen LogP contribution in [-0.2, 0) is 13.6 Å². The Morgan fingerprint density at radius 1 is 1.04 bits per heavy atom. The summed E-state index contributed by atoms with van der Waals surface area (Å²) >= 11 is 6.21. The molecule has 0 bridgehead atoms. The van der Waals surface area contributed by atoms with Crippen LogP contribution in [0.1, 0.15) is 5.56 Å². The minimum Gasteiger partial charge on any atom is -0.350 e. The van der Waals surface area contributed by atoms with Crippen LogP contribution in [0.3, 0.4) is 0 Å². The van der Waals surface area contributed by atoms with E-state index in [9.17, 15) is 4.39 Å². The molecule has 0 unspecified atom stereocenters. The zero-order valence-electron chi connectivity index (χ0n) is 15.1. The van der Waals surface area contributed by atoms with Gasteiger partial charge in [-0.2, -0.15) is 0 Å². The molecular weight excluding hydrogens is 377 g/mol. The topological polar surface area (TPSA) is 55.6 Å². The molecule has 0 radical (unpaired) electrons. The fourth-order valence-electron chi connectivity index (χ4n) is 2.92. The molecule has 1 N–H and O–H groups in total. The number of aromatic nitrogens is 4. The molecule has 2 aromatic heterocycles. The summed E-state index contributed by atoms with van der Waals surface area (Å²) in [5, 5.41) is 3.85. The van der Waals surface area contributed by atoms with E-state index in [2.05, 4.69) is 20.3 Å². The van der Waals surface area contributed by atoms with Crippen LogP contribution in [0.4, 0.5) is 10.3 Å². The maximum Gasteiger partial charge on any atom is 0.223 e. The lowest BCUT2D eigenvalue weighted by atomic mass is 10.0. The zero-order valence-corrected chi connectivity index (χ0v) is 15.9. The number of nitrogens with one attached hydrogen (secondary N) is 1. The molecule has 0 atom stereocenters. The minimum absolute atomic E-state index is 0.335. The van der Waals surface area contributed by atoms with Gasteiger partial charge in [-0.15, -0.1) is 0 Å². The molecule has 5 nitrogen and oxygen atoms in total. The number of anilines is 1. The monoisotopic (exact) mass is 393 g/mol. The van der Waals surface area contributed by atoms with Gasteiger partial charge >= 0.3 is 0 Å². The number of nitrogens with zero attached hydrogens (tertiary/aromatic N) is 4. The first kappa shape index (κ1) is 18.1. The Morgan fingerprint density at radius 2 is 1.82 bits per heavy atom. The number of imidazole rings is 1. The Morgan fingerprint density at radius 3 is 2.57 bits per heavy atom. The maximum atomic E-state index is 14.4. The number of hydrogen-bond donors (Lipinski definition) is 1. The standard InChI is InChI=1S/C21H17ClFN5/c1-28-11-10-24-20(28)19-16(15-7-3-5-9-18(15)23)13-26-21(27-19)25-12-14-6-2-4-8-17(14)22/h2-11,13H,12H2,1H3,(H,25,26,27). The van der Waals surface area contributed by atoms with Crippen molar-refractivity contribution in [3.05, 3.63) is 83.5 Å². The van der Waals surface area contributed by atoms with Gasteiger partial charge in [0.2, 0.25) is 5.95 Å². The van der Waals surface area contributed by atoms with Crippen molar-refractivity contribution in [2.24, 2.45) is 7.05 Å². The van der Waals surface area contributed by atoms with Gasteiger partial charge in [0.15, 0.2) is 5.82 Å². The Labute approximate surface area is 166 Å². The molecule has 0 fully saturated rings. The van der Waals surface area contributed by atoms with Crippen molar-refractivity contribution in [2.75, 3.05) is 5.32 Å². The number of rotatable bonds is 5. The van der Waals surface area contributed by atoms with Gasteiger partial charge in [-0.1, -0.05) is 48.0 Å². The molecule has 0 saturated heterocycles. The van der Waals surface area contributed by atoms with E-state index in [1.54, 1.807) is 30.6 Å². The number of halogens is 2. The lowest BCUT2D eigenvalue weighted by Gasteiger charge is -2.12. The third-order valence-electron chi connectivity index (χ3n) is 4.38. The van der Waals surface area contributed by atoms with E-state index >= 15 is 0 Å². The van der Waals surface area contributed by atoms with E-state index in [0.29, 0.717) is 40.2 Å². The second-order valence-electron chi connectivity index (χ2n) is 6.24. The molecule has 28 heavy (non-hydrogen) atoms. The van der Waals surface area contributed by atoms with Crippen LogP contribution >= 0.6 is 11.6 Å². The normalized spacial score (nSPS) is 10.8. The van der Waals surface area contributed by atoms with Gasteiger partial charge in [-0.05, 0) is 17.7 Å². The van der Waals surface area contributed by atoms with Gasteiger partial charge in [0.1, 0.15) is 11.5 Å². The quantitative estimate of drug-likeness (QED) is 0.521. The highest BCUT2D eigenvalue weighted by molar-refractivity contribution is 6.31. The molecule has 4 rings (SSSR count). The summed E-state index contributed by atoms with van der Waals surface area (Å²) < 4.78 is 16.2. The van der Waals surface area contributed by atoms with Crippen molar-refractivity contribution in [2.45, 2.75) is 6.54 Å². The Bertz CT molecular complexity index is 1130. The Hall–Kier alpha value is -3.25. The molecule has 0 aliphatic rings. The summed E-state index contributed by atoms with van der Waals surface area (Å²) in [4.78, 5) is 13.4. The number of aryl methyl sites for hydroxylation is 1. The largest absolute Gasteiger partial charge is 0.350 e. The highest BCUT2D eigenvalue weighted by Gasteiger charge is 2.17. The zero-order chi connectivity index (χ0) is 19.5. The maximum absolute atomic E-state index is 14.4. The third-order valence-corrected chi connectivity index (χ3v) is 4.75. The van der Waals surface area contributed by atoms with E-state index in [4.69, 9.17) is 11.6 Å². The highest BCUT2D eigenvalue weighted by Crippen LogP contribution is 2.31. The van der Waals surface area contributed by atoms with Crippen LogP contribution in [-0.4, -0.2) is 19.5 Å². The summed E-state index contributed by atoms with van der Waals surface area (Å²) in [7, 11) is 1.87. The van der Waals surface area contributed by atoms with Gasteiger partial charge in [0, 0.05) is 48.3 Å². The van der Waals surface area contributed by atoms with Crippen LogP contribution in [0.15, 0.2) is 67.1 Å². The van der Waals surface area contributed by atoms with Crippen molar-refractivity contribution >= 4 is 17.5 Å². The second-order valence-corrected chi connectivity index (χ2v) is 6.65. The lowest BCUT2D eigenvalue weighted by Crippen LogP contribution is -2.07. The lowest BCUT2D eigenvalue weighted by molar-refractivity contribution is 0.631. The molecule has 0 amide bonds. The molecule has 0 saturated carbocycles. The van der Waals surface area contributed by atoms with Crippen LogP contribution in [0, 0.1) is 5.82 Å². The van der Waals surface area contributed by atoms with Gasteiger partial charge in [0.25, 0.3) is 0 Å². The Kier molecular flexibility index (Phi) is 5.04.